The van der Waals surface area contributed by atoms with Gasteiger partial charge in [0.25, 0.3) is 0 Å². The van der Waals surface area contributed by atoms with E-state index in [1.165, 1.54) is 12.8 Å². The Hall–Kier alpha value is 0.470. The highest BCUT2D eigenvalue weighted by Crippen LogP contribution is 2.63. The van der Waals surface area contributed by atoms with E-state index in [0.29, 0.717) is 5.41 Å². The molecule has 0 aliphatic heterocycles. The Morgan fingerprint density at radius 3 is 2.46 bits per heavy atom. The van der Waals surface area contributed by atoms with Gasteiger partial charge in [-0.3, -0.25) is 0 Å². The van der Waals surface area contributed by atoms with Gasteiger partial charge >= 0.3 is 0 Å². The van der Waals surface area contributed by atoms with Gasteiger partial charge in [0.1, 0.15) is 0 Å². The first-order chi connectivity index (χ1) is 6.07. The standard InChI is InChI=1S/C12H19I/c1-8-9(4-5-13)6-10-7-11(8)12(10,2)3/h4-5,8-11H,6-7H2,1-3H3/b5-4+/t8-,9+,10+,11+/m1/s1. The molecule has 3 rings (SSSR count). The summed E-state index contributed by atoms with van der Waals surface area (Å²) in [6.07, 6.45) is 5.35. The van der Waals surface area contributed by atoms with E-state index < -0.39 is 0 Å². The van der Waals surface area contributed by atoms with Crippen molar-refractivity contribution in [3.05, 3.63) is 10.2 Å². The molecule has 0 heterocycles. The third-order valence-electron chi connectivity index (χ3n) is 4.73. The predicted octanol–water partition coefficient (Wildman–Crippen LogP) is 4.25. The van der Waals surface area contributed by atoms with Gasteiger partial charge in [0.15, 0.2) is 0 Å². The largest absolute Gasteiger partial charge is 0.0751 e. The third kappa shape index (κ3) is 1.38. The van der Waals surface area contributed by atoms with Gasteiger partial charge in [0.05, 0.1) is 0 Å². The maximum absolute atomic E-state index is 2.46. The van der Waals surface area contributed by atoms with Crippen LogP contribution in [0.25, 0.3) is 0 Å². The minimum absolute atomic E-state index is 0.648. The van der Waals surface area contributed by atoms with Crippen LogP contribution in [0.2, 0.25) is 0 Å². The zero-order valence-electron chi connectivity index (χ0n) is 8.76. The van der Waals surface area contributed by atoms with Crippen LogP contribution in [0.3, 0.4) is 0 Å². The molecule has 0 radical (unpaired) electrons. The minimum Gasteiger partial charge on any atom is -0.0751 e. The van der Waals surface area contributed by atoms with Crippen molar-refractivity contribution in [2.75, 3.05) is 0 Å². The van der Waals surface area contributed by atoms with Crippen molar-refractivity contribution in [1.82, 2.24) is 0 Å². The Labute approximate surface area is 95.3 Å². The summed E-state index contributed by atoms with van der Waals surface area (Å²) in [6, 6.07) is 0. The molecule has 0 spiro atoms. The lowest BCUT2D eigenvalue weighted by Crippen LogP contribution is -2.54. The van der Waals surface area contributed by atoms with Crippen LogP contribution in [0.1, 0.15) is 33.6 Å². The van der Waals surface area contributed by atoms with Crippen LogP contribution in [-0.2, 0) is 0 Å². The normalized spacial score (nSPS) is 47.7. The molecule has 3 fully saturated rings. The molecule has 3 aliphatic carbocycles. The summed E-state index contributed by atoms with van der Waals surface area (Å²) in [5.41, 5.74) is 0.648. The van der Waals surface area contributed by atoms with Gasteiger partial charge in [-0.15, -0.1) is 0 Å². The van der Waals surface area contributed by atoms with Gasteiger partial charge in [0, 0.05) is 0 Å². The van der Waals surface area contributed by atoms with Crippen LogP contribution >= 0.6 is 22.6 Å². The topological polar surface area (TPSA) is 0 Å². The van der Waals surface area contributed by atoms with Gasteiger partial charge in [-0.05, 0) is 46.0 Å². The minimum atomic E-state index is 0.648. The van der Waals surface area contributed by atoms with E-state index in [1.807, 2.05) is 0 Å². The average Bonchev–Trinajstić information content (AvgIpc) is 2.08. The Morgan fingerprint density at radius 2 is 2.00 bits per heavy atom. The Balaban J connectivity index is 2.12. The zero-order chi connectivity index (χ0) is 9.64. The number of rotatable bonds is 1. The van der Waals surface area contributed by atoms with Gasteiger partial charge in [-0.1, -0.05) is 49.4 Å². The smallest absolute Gasteiger partial charge is 0.0195 e. The highest BCUT2D eigenvalue weighted by Gasteiger charge is 2.55. The summed E-state index contributed by atoms with van der Waals surface area (Å²) in [4.78, 5) is 0. The van der Waals surface area contributed by atoms with E-state index in [-0.39, 0.29) is 0 Å². The molecule has 3 saturated carbocycles. The lowest BCUT2D eigenvalue weighted by atomic mass is 9.43. The van der Waals surface area contributed by atoms with Gasteiger partial charge < -0.3 is 0 Å². The fourth-order valence-electron chi connectivity index (χ4n) is 3.54. The molecule has 0 N–H and O–H groups in total. The van der Waals surface area contributed by atoms with Crippen LogP contribution in [0.15, 0.2) is 10.2 Å². The Morgan fingerprint density at radius 1 is 1.31 bits per heavy atom. The monoisotopic (exact) mass is 290 g/mol. The summed E-state index contributed by atoms with van der Waals surface area (Å²) in [5.74, 6) is 3.77. The van der Waals surface area contributed by atoms with E-state index in [9.17, 15) is 0 Å². The number of hydrogen-bond acceptors (Lipinski definition) is 0. The molecule has 4 atom stereocenters. The maximum Gasteiger partial charge on any atom is -0.0195 e. The zero-order valence-corrected chi connectivity index (χ0v) is 10.9. The van der Waals surface area contributed by atoms with Crippen molar-refractivity contribution in [2.24, 2.45) is 29.1 Å². The molecule has 0 nitrogen and oxygen atoms in total. The molecule has 0 aromatic rings. The lowest BCUT2D eigenvalue weighted by Gasteiger charge is -2.61. The first-order valence-electron chi connectivity index (χ1n) is 5.34. The second-order valence-electron chi connectivity index (χ2n) is 5.44. The molecule has 3 aliphatic rings. The molecule has 1 heteroatoms. The quantitative estimate of drug-likeness (QED) is 0.633. The summed E-state index contributed by atoms with van der Waals surface area (Å²) in [7, 11) is 0. The molecular weight excluding hydrogens is 271 g/mol. The van der Waals surface area contributed by atoms with E-state index in [1.54, 1.807) is 0 Å². The highest BCUT2D eigenvalue weighted by atomic mass is 127. The molecular formula is C12H19I. The number of fused-ring (bicyclic) bond motifs is 2. The molecule has 0 aromatic heterocycles. The molecule has 0 saturated heterocycles. The van der Waals surface area contributed by atoms with Crippen molar-refractivity contribution >= 4 is 22.6 Å². The number of halogens is 1. The van der Waals surface area contributed by atoms with Crippen LogP contribution in [0, 0.1) is 29.1 Å². The highest BCUT2D eigenvalue weighted by molar-refractivity contribution is 14.1. The molecule has 0 amide bonds. The Kier molecular flexibility index (Phi) is 2.50. The summed E-state index contributed by atoms with van der Waals surface area (Å²) in [5, 5.41) is 0. The fourth-order valence-corrected chi connectivity index (χ4v) is 4.07. The first kappa shape index (κ1) is 10.0. The molecule has 0 aromatic carbocycles. The molecule has 2 bridgehead atoms. The lowest BCUT2D eigenvalue weighted by molar-refractivity contribution is -0.118. The molecule has 74 valence electrons. The number of hydrogen-bond donors (Lipinski definition) is 0. The second kappa shape index (κ2) is 3.25. The molecule has 13 heavy (non-hydrogen) atoms. The maximum atomic E-state index is 2.46. The van der Waals surface area contributed by atoms with Gasteiger partial charge in [-0.25, -0.2) is 0 Å². The van der Waals surface area contributed by atoms with E-state index >= 15 is 0 Å². The van der Waals surface area contributed by atoms with Gasteiger partial charge in [-0.2, -0.15) is 0 Å². The molecule has 0 unspecified atom stereocenters. The van der Waals surface area contributed by atoms with E-state index in [0.717, 1.165) is 23.7 Å². The fraction of sp³-hybridized carbons (Fsp3) is 0.833. The average molecular weight is 290 g/mol. The van der Waals surface area contributed by atoms with E-state index in [2.05, 4.69) is 53.5 Å². The third-order valence-corrected chi connectivity index (χ3v) is 5.15. The second-order valence-corrected chi connectivity index (χ2v) is 6.16. The van der Waals surface area contributed by atoms with Crippen molar-refractivity contribution < 1.29 is 0 Å². The van der Waals surface area contributed by atoms with Crippen LogP contribution < -0.4 is 0 Å². The summed E-state index contributed by atoms with van der Waals surface area (Å²) in [6.45, 7) is 7.38. The van der Waals surface area contributed by atoms with Crippen molar-refractivity contribution in [2.45, 2.75) is 33.6 Å². The Bertz CT molecular complexity index is 229. The van der Waals surface area contributed by atoms with Crippen LogP contribution in [-0.4, -0.2) is 0 Å². The van der Waals surface area contributed by atoms with Crippen LogP contribution in [0.4, 0.5) is 0 Å². The first-order valence-corrected chi connectivity index (χ1v) is 6.58. The van der Waals surface area contributed by atoms with Crippen LogP contribution in [0.5, 0.6) is 0 Å². The van der Waals surface area contributed by atoms with E-state index in [4.69, 9.17) is 0 Å². The van der Waals surface area contributed by atoms with Gasteiger partial charge in [0.2, 0.25) is 0 Å². The van der Waals surface area contributed by atoms with Crippen molar-refractivity contribution in [3.8, 4) is 0 Å². The number of allylic oxidation sites excluding steroid dienone is 1. The van der Waals surface area contributed by atoms with Crippen molar-refractivity contribution in [1.29, 1.82) is 0 Å². The predicted molar refractivity (Wildman–Crippen MR) is 65.8 cm³/mol. The summed E-state index contributed by atoms with van der Waals surface area (Å²) >= 11 is 2.35. The summed E-state index contributed by atoms with van der Waals surface area (Å²) < 4.78 is 2.21. The van der Waals surface area contributed by atoms with Crippen molar-refractivity contribution in [3.63, 3.8) is 0 Å². The SMILES string of the molecule is C[C@@H]1[C@@H](/C=C/I)C[C@H]2C[C@@H]1C2(C)C.